The molecule has 128 valence electrons. The summed E-state index contributed by atoms with van der Waals surface area (Å²) in [6, 6.07) is 4.36. The van der Waals surface area contributed by atoms with E-state index in [0.717, 1.165) is 19.3 Å². The van der Waals surface area contributed by atoms with E-state index in [4.69, 9.17) is 17.3 Å². The second-order valence-corrected chi connectivity index (χ2v) is 7.56. The molecule has 0 atom stereocenters. The van der Waals surface area contributed by atoms with Gasteiger partial charge in [0.1, 0.15) is 10.7 Å². The van der Waals surface area contributed by atoms with E-state index in [1.165, 1.54) is 23.5 Å². The maximum atomic E-state index is 13.3. The Bertz CT molecular complexity index is 784. The van der Waals surface area contributed by atoms with E-state index in [2.05, 4.69) is 0 Å². The third-order valence-corrected chi connectivity index (χ3v) is 6.13. The highest BCUT2D eigenvalue weighted by Gasteiger charge is 2.27. The summed E-state index contributed by atoms with van der Waals surface area (Å²) < 4.78 is 14.0. The van der Waals surface area contributed by atoms with Crippen molar-refractivity contribution in [2.75, 3.05) is 13.1 Å². The number of likely N-dealkylation sites (tertiary alicyclic amines) is 1. The molecule has 2 amide bonds. The number of rotatable bonds is 4. The van der Waals surface area contributed by atoms with Crippen molar-refractivity contribution in [2.45, 2.75) is 25.7 Å². The third-order valence-electron chi connectivity index (χ3n) is 4.49. The zero-order valence-electron chi connectivity index (χ0n) is 13.1. The first-order chi connectivity index (χ1) is 11.5. The zero-order valence-corrected chi connectivity index (χ0v) is 14.6. The Hall–Kier alpha value is -1.66. The van der Waals surface area contributed by atoms with Crippen molar-refractivity contribution in [1.29, 1.82) is 0 Å². The molecule has 1 fully saturated rings. The number of benzene rings is 1. The Kier molecular flexibility index (Phi) is 5.06. The number of piperidine rings is 1. The summed E-state index contributed by atoms with van der Waals surface area (Å²) in [6.07, 6.45) is 2.89. The molecule has 0 radical (unpaired) electrons. The number of primary amides is 1. The highest BCUT2D eigenvalue weighted by atomic mass is 35.5. The van der Waals surface area contributed by atoms with Crippen molar-refractivity contribution in [3.05, 3.63) is 33.9 Å². The van der Waals surface area contributed by atoms with Crippen LogP contribution in [0.4, 0.5) is 4.39 Å². The van der Waals surface area contributed by atoms with Crippen molar-refractivity contribution in [3.8, 4) is 0 Å². The van der Waals surface area contributed by atoms with Crippen LogP contribution in [0.3, 0.4) is 0 Å². The molecule has 1 aliphatic heterocycles. The molecule has 1 saturated heterocycles. The number of nitrogens with zero attached hydrogens (tertiary/aromatic N) is 1. The second kappa shape index (κ2) is 7.07. The second-order valence-electron chi connectivity index (χ2n) is 6.13. The Labute approximate surface area is 148 Å². The maximum absolute atomic E-state index is 13.3. The number of amides is 2. The fourth-order valence-corrected chi connectivity index (χ4v) is 4.60. The molecule has 4 nitrogen and oxygen atoms in total. The number of hydrogen-bond donors (Lipinski definition) is 1. The standard InChI is InChI=1S/C17H18ClFN2O2S/c18-15-12-3-2-11(19)9-13(12)24-16(15)17(23)21-7-5-10(6-8-21)1-4-14(20)22/h2-3,9-10H,1,4-8H2,(H2,20,22). The van der Waals surface area contributed by atoms with Gasteiger partial charge in [-0.15, -0.1) is 11.3 Å². The van der Waals surface area contributed by atoms with Gasteiger partial charge in [-0.3, -0.25) is 9.59 Å². The summed E-state index contributed by atoms with van der Waals surface area (Å²) in [5.74, 6) is -0.295. The molecule has 3 rings (SSSR count). The van der Waals surface area contributed by atoms with E-state index in [-0.39, 0.29) is 17.6 Å². The third kappa shape index (κ3) is 3.54. The Morgan fingerprint density at radius 1 is 1.33 bits per heavy atom. The van der Waals surface area contributed by atoms with Crippen molar-refractivity contribution >= 4 is 44.8 Å². The molecule has 0 saturated carbocycles. The number of hydrogen-bond acceptors (Lipinski definition) is 3. The van der Waals surface area contributed by atoms with Crippen LogP contribution in [0.5, 0.6) is 0 Å². The van der Waals surface area contributed by atoms with Crippen LogP contribution in [-0.2, 0) is 4.79 Å². The van der Waals surface area contributed by atoms with E-state index in [9.17, 15) is 14.0 Å². The van der Waals surface area contributed by atoms with Crippen LogP contribution in [0.25, 0.3) is 10.1 Å². The molecule has 1 aromatic heterocycles. The van der Waals surface area contributed by atoms with Crippen LogP contribution in [-0.4, -0.2) is 29.8 Å². The van der Waals surface area contributed by atoms with E-state index in [1.807, 2.05) is 0 Å². The lowest BCUT2D eigenvalue weighted by molar-refractivity contribution is -0.118. The predicted molar refractivity (Wildman–Crippen MR) is 93.8 cm³/mol. The lowest BCUT2D eigenvalue weighted by Gasteiger charge is -2.31. The van der Waals surface area contributed by atoms with Gasteiger partial charge in [0.25, 0.3) is 5.91 Å². The molecule has 0 aliphatic carbocycles. The Morgan fingerprint density at radius 2 is 2.04 bits per heavy atom. The first-order valence-corrected chi connectivity index (χ1v) is 9.10. The predicted octanol–water partition coefficient (Wildman–Crippen LogP) is 3.81. The van der Waals surface area contributed by atoms with Crippen LogP contribution in [0.1, 0.15) is 35.4 Å². The van der Waals surface area contributed by atoms with Gasteiger partial charge in [-0.05, 0) is 43.4 Å². The fourth-order valence-electron chi connectivity index (χ4n) is 3.09. The van der Waals surface area contributed by atoms with Crippen LogP contribution >= 0.6 is 22.9 Å². The van der Waals surface area contributed by atoms with Crippen LogP contribution in [0.15, 0.2) is 18.2 Å². The highest BCUT2D eigenvalue weighted by molar-refractivity contribution is 7.21. The minimum atomic E-state index is -0.338. The first kappa shape index (κ1) is 17.2. The number of fused-ring (bicyclic) bond motifs is 1. The summed E-state index contributed by atoms with van der Waals surface area (Å²) in [7, 11) is 0. The van der Waals surface area contributed by atoms with E-state index >= 15 is 0 Å². The molecule has 2 aromatic rings. The van der Waals surface area contributed by atoms with E-state index in [0.29, 0.717) is 45.4 Å². The largest absolute Gasteiger partial charge is 0.370 e. The first-order valence-electron chi connectivity index (χ1n) is 7.91. The molecular weight excluding hydrogens is 351 g/mol. The topological polar surface area (TPSA) is 63.4 Å². The summed E-state index contributed by atoms with van der Waals surface area (Å²) in [5, 5.41) is 1.11. The molecule has 1 aliphatic rings. The summed E-state index contributed by atoms with van der Waals surface area (Å²) >= 11 is 7.56. The summed E-state index contributed by atoms with van der Waals surface area (Å²) in [6.45, 7) is 1.28. The van der Waals surface area contributed by atoms with Gasteiger partial charge in [0, 0.05) is 29.6 Å². The van der Waals surface area contributed by atoms with Gasteiger partial charge in [-0.25, -0.2) is 4.39 Å². The Balaban J connectivity index is 1.69. The van der Waals surface area contributed by atoms with Gasteiger partial charge in [0.05, 0.1) is 5.02 Å². The number of nitrogens with two attached hydrogens (primary N) is 1. The summed E-state index contributed by atoms with van der Waals surface area (Å²) in [4.78, 5) is 25.8. The average Bonchev–Trinajstić information content (AvgIpc) is 2.89. The molecule has 0 unspecified atom stereocenters. The summed E-state index contributed by atoms with van der Waals surface area (Å²) in [5.41, 5.74) is 5.18. The van der Waals surface area contributed by atoms with Gasteiger partial charge in [0.2, 0.25) is 5.91 Å². The number of thiophene rings is 1. The highest BCUT2D eigenvalue weighted by Crippen LogP contribution is 2.37. The SMILES string of the molecule is NC(=O)CCC1CCN(C(=O)c2sc3cc(F)ccc3c2Cl)CC1. The van der Waals surface area contributed by atoms with Crippen LogP contribution in [0.2, 0.25) is 5.02 Å². The van der Waals surface area contributed by atoms with Crippen LogP contribution in [0, 0.1) is 11.7 Å². The molecule has 2 heterocycles. The van der Waals surface area contributed by atoms with E-state index in [1.54, 1.807) is 11.0 Å². The van der Waals surface area contributed by atoms with Gasteiger partial charge in [-0.1, -0.05) is 11.6 Å². The zero-order chi connectivity index (χ0) is 17.3. The van der Waals surface area contributed by atoms with Crippen LogP contribution < -0.4 is 5.73 Å². The van der Waals surface area contributed by atoms with Gasteiger partial charge in [-0.2, -0.15) is 0 Å². The van der Waals surface area contributed by atoms with Crippen molar-refractivity contribution in [3.63, 3.8) is 0 Å². The molecular formula is C17H18ClFN2O2S. The molecule has 1 aromatic carbocycles. The number of carbonyl (C=O) groups excluding carboxylic acids is 2. The van der Waals surface area contributed by atoms with Gasteiger partial charge >= 0.3 is 0 Å². The van der Waals surface area contributed by atoms with Gasteiger partial charge < -0.3 is 10.6 Å². The molecule has 0 bridgehead atoms. The monoisotopic (exact) mass is 368 g/mol. The minimum Gasteiger partial charge on any atom is -0.370 e. The van der Waals surface area contributed by atoms with Crippen molar-refractivity contribution < 1.29 is 14.0 Å². The lowest BCUT2D eigenvalue weighted by Crippen LogP contribution is -2.38. The molecule has 2 N–H and O–H groups in total. The normalized spacial score (nSPS) is 15.8. The minimum absolute atomic E-state index is 0.102. The fraction of sp³-hybridized carbons (Fsp3) is 0.412. The Morgan fingerprint density at radius 3 is 2.71 bits per heavy atom. The van der Waals surface area contributed by atoms with E-state index < -0.39 is 0 Å². The molecule has 7 heteroatoms. The number of carbonyl (C=O) groups is 2. The number of halogens is 2. The van der Waals surface area contributed by atoms with Crippen molar-refractivity contribution in [2.24, 2.45) is 11.7 Å². The van der Waals surface area contributed by atoms with Gasteiger partial charge in [0.15, 0.2) is 0 Å². The quantitative estimate of drug-likeness (QED) is 0.891. The smallest absolute Gasteiger partial charge is 0.265 e. The molecule has 0 spiro atoms. The maximum Gasteiger partial charge on any atom is 0.265 e. The van der Waals surface area contributed by atoms with Crippen molar-refractivity contribution in [1.82, 2.24) is 4.90 Å². The molecule has 24 heavy (non-hydrogen) atoms. The average molecular weight is 369 g/mol. The lowest BCUT2D eigenvalue weighted by atomic mass is 9.92.